The molecule has 0 aromatic heterocycles. The van der Waals surface area contributed by atoms with Gasteiger partial charge in [0.25, 0.3) is 0 Å². The topological polar surface area (TPSA) is 52.6 Å². The molecule has 0 spiro atoms. The fraction of sp³-hybridized carbons (Fsp3) is 0.920. The minimum absolute atomic E-state index is 0.0251. The van der Waals surface area contributed by atoms with Gasteiger partial charge < -0.3 is 9.47 Å². The molecule has 0 heterocycles. The van der Waals surface area contributed by atoms with Crippen molar-refractivity contribution >= 4 is 11.9 Å². The number of fused-ring (bicyclic) bond motifs is 5. The van der Waals surface area contributed by atoms with E-state index in [0.717, 1.165) is 37.5 Å². The molecule has 0 aromatic carbocycles. The summed E-state index contributed by atoms with van der Waals surface area (Å²) in [6.45, 7) is 11.7. The maximum absolute atomic E-state index is 12.2. The molecule has 0 saturated heterocycles. The predicted molar refractivity (Wildman–Crippen MR) is 117 cm³/mol. The van der Waals surface area contributed by atoms with Crippen molar-refractivity contribution in [3.8, 4) is 0 Å². The van der Waals surface area contributed by atoms with Crippen LogP contribution in [0, 0.1) is 34.5 Å². The Balaban J connectivity index is 0.000000237. The number of carbonyl (C=O) groups is 2. The lowest BCUT2D eigenvalue weighted by Gasteiger charge is -2.33. The second kappa shape index (κ2) is 9.92. The van der Waals surface area contributed by atoms with Crippen LogP contribution in [0.3, 0.4) is 0 Å². The number of ether oxygens (including phenoxy) is 2. The third kappa shape index (κ3) is 5.99. The molecule has 0 aromatic rings. The second-order valence-electron chi connectivity index (χ2n) is 11.2. The third-order valence-electron chi connectivity index (χ3n) is 8.24. The van der Waals surface area contributed by atoms with Crippen molar-refractivity contribution in [2.75, 3.05) is 0 Å². The molecule has 4 nitrogen and oxygen atoms in total. The molecule has 3 aliphatic carbocycles. The van der Waals surface area contributed by atoms with Gasteiger partial charge in [0.15, 0.2) is 6.10 Å². The van der Waals surface area contributed by atoms with Gasteiger partial charge in [0.1, 0.15) is 6.10 Å². The smallest absolute Gasteiger partial charge is 0.425 e. The first-order valence-corrected chi connectivity index (χ1v) is 12.1. The van der Waals surface area contributed by atoms with E-state index in [1.165, 1.54) is 25.7 Å². The molecule has 7 heteroatoms. The molecule has 3 rings (SSSR count). The number of rotatable bonds is 6. The average Bonchev–Trinajstić information content (AvgIpc) is 3.41. The highest BCUT2D eigenvalue weighted by Crippen LogP contribution is 2.59. The van der Waals surface area contributed by atoms with E-state index in [1.807, 2.05) is 13.8 Å². The van der Waals surface area contributed by atoms with Gasteiger partial charge >= 0.3 is 18.1 Å². The molecule has 2 bridgehead atoms. The first-order chi connectivity index (χ1) is 14.6. The van der Waals surface area contributed by atoms with Gasteiger partial charge in [0.2, 0.25) is 0 Å². The molecule has 3 aliphatic rings. The SMILES string of the molecule is CCC(C)(C)C(=O)OC(C)C(F)(F)F.CCC(C)(C)C(=O)OC1CC2CC1C1CCCC21. The van der Waals surface area contributed by atoms with E-state index in [0.29, 0.717) is 12.3 Å². The van der Waals surface area contributed by atoms with E-state index in [-0.39, 0.29) is 17.5 Å². The number of carbonyl (C=O) groups excluding carboxylic acids is 2. The van der Waals surface area contributed by atoms with Crippen molar-refractivity contribution < 1.29 is 32.2 Å². The highest BCUT2D eigenvalue weighted by Gasteiger charge is 2.55. The standard InChI is InChI=1S/C16H26O2.C9H15F3O2/c1-4-16(2,3)15(17)18-14-9-10-8-13(14)12-7-5-6-11(10)12;1-5-8(3,4)7(13)14-6(2)9(10,11)12/h10-14H,4-9H2,1-3H3;6H,5H2,1-4H3. The minimum Gasteiger partial charge on any atom is -0.462 e. The molecule has 6 atom stereocenters. The fourth-order valence-electron chi connectivity index (χ4n) is 5.11. The first kappa shape index (κ1) is 27.0. The highest BCUT2D eigenvalue weighted by molar-refractivity contribution is 5.76. The van der Waals surface area contributed by atoms with Crippen LogP contribution >= 0.6 is 0 Å². The number of esters is 2. The van der Waals surface area contributed by atoms with Gasteiger partial charge in [0, 0.05) is 0 Å². The van der Waals surface area contributed by atoms with Crippen LogP contribution in [-0.2, 0) is 19.1 Å². The number of alkyl halides is 3. The van der Waals surface area contributed by atoms with Gasteiger partial charge in [-0.05, 0) is 96.8 Å². The maximum atomic E-state index is 12.2. The van der Waals surface area contributed by atoms with Crippen LogP contribution < -0.4 is 0 Å². The van der Waals surface area contributed by atoms with E-state index in [9.17, 15) is 22.8 Å². The van der Waals surface area contributed by atoms with Gasteiger partial charge in [-0.25, -0.2) is 0 Å². The lowest BCUT2D eigenvalue weighted by atomic mass is 9.80. The summed E-state index contributed by atoms with van der Waals surface area (Å²) in [5.74, 6) is 2.63. The summed E-state index contributed by atoms with van der Waals surface area (Å²) in [6.07, 6.45) is 1.73. The van der Waals surface area contributed by atoms with Gasteiger partial charge in [-0.15, -0.1) is 0 Å². The van der Waals surface area contributed by atoms with Gasteiger partial charge in [0.05, 0.1) is 10.8 Å². The Hall–Kier alpha value is -1.27. The summed E-state index contributed by atoms with van der Waals surface area (Å²) < 4.78 is 46.2. The van der Waals surface area contributed by atoms with Crippen molar-refractivity contribution in [3.63, 3.8) is 0 Å². The number of hydrogen-bond donors (Lipinski definition) is 0. The fourth-order valence-corrected chi connectivity index (χ4v) is 5.11. The Morgan fingerprint density at radius 3 is 1.94 bits per heavy atom. The molecule has 186 valence electrons. The van der Waals surface area contributed by atoms with E-state index >= 15 is 0 Å². The Labute approximate surface area is 191 Å². The molecule has 0 aliphatic heterocycles. The summed E-state index contributed by atoms with van der Waals surface area (Å²) in [5, 5.41) is 0. The highest BCUT2D eigenvalue weighted by atomic mass is 19.4. The van der Waals surface area contributed by atoms with Crippen molar-refractivity contribution in [1.82, 2.24) is 0 Å². The zero-order chi connectivity index (χ0) is 24.5. The summed E-state index contributed by atoms with van der Waals surface area (Å²) in [7, 11) is 0. The van der Waals surface area contributed by atoms with Crippen LogP contribution in [0.1, 0.15) is 93.4 Å². The van der Waals surface area contributed by atoms with Crippen molar-refractivity contribution in [2.45, 2.75) is 112 Å². The molecule has 6 unspecified atom stereocenters. The van der Waals surface area contributed by atoms with Gasteiger partial charge in [-0.2, -0.15) is 13.2 Å². The van der Waals surface area contributed by atoms with Crippen LogP contribution in [0.5, 0.6) is 0 Å². The van der Waals surface area contributed by atoms with E-state index < -0.39 is 23.7 Å². The zero-order valence-electron chi connectivity index (χ0n) is 20.7. The van der Waals surface area contributed by atoms with Gasteiger partial charge in [-0.3, -0.25) is 9.59 Å². The summed E-state index contributed by atoms with van der Waals surface area (Å²) in [6, 6.07) is 0. The summed E-state index contributed by atoms with van der Waals surface area (Å²) in [5.41, 5.74) is -1.17. The quantitative estimate of drug-likeness (QED) is 0.412. The van der Waals surface area contributed by atoms with Crippen molar-refractivity contribution in [1.29, 1.82) is 0 Å². The first-order valence-electron chi connectivity index (χ1n) is 12.1. The molecule has 3 fully saturated rings. The van der Waals surface area contributed by atoms with Crippen LogP contribution in [0.15, 0.2) is 0 Å². The molecule has 0 radical (unpaired) electrons. The van der Waals surface area contributed by atoms with Crippen LogP contribution in [0.25, 0.3) is 0 Å². The monoisotopic (exact) mass is 462 g/mol. The van der Waals surface area contributed by atoms with E-state index in [1.54, 1.807) is 20.8 Å². The Morgan fingerprint density at radius 1 is 0.875 bits per heavy atom. The lowest BCUT2D eigenvalue weighted by molar-refractivity contribution is -0.221. The zero-order valence-corrected chi connectivity index (χ0v) is 20.7. The molecular weight excluding hydrogens is 421 g/mol. The van der Waals surface area contributed by atoms with Crippen molar-refractivity contribution in [3.05, 3.63) is 0 Å². The number of hydrogen-bond acceptors (Lipinski definition) is 4. The predicted octanol–water partition coefficient (Wildman–Crippen LogP) is 6.71. The number of halogens is 3. The third-order valence-corrected chi connectivity index (χ3v) is 8.24. The summed E-state index contributed by atoms with van der Waals surface area (Å²) in [4.78, 5) is 23.4. The van der Waals surface area contributed by atoms with Gasteiger partial charge in [-0.1, -0.05) is 20.3 Å². The van der Waals surface area contributed by atoms with E-state index in [4.69, 9.17) is 4.74 Å². The minimum atomic E-state index is -4.49. The average molecular weight is 463 g/mol. The Bertz CT molecular complexity index is 671. The molecular formula is C25H41F3O4. The normalized spacial score (nSPS) is 30.2. The molecule has 0 amide bonds. The largest absolute Gasteiger partial charge is 0.462 e. The Morgan fingerprint density at radius 2 is 1.41 bits per heavy atom. The second-order valence-corrected chi connectivity index (χ2v) is 11.2. The summed E-state index contributed by atoms with van der Waals surface area (Å²) >= 11 is 0. The van der Waals surface area contributed by atoms with Crippen LogP contribution in [0.2, 0.25) is 0 Å². The maximum Gasteiger partial charge on any atom is 0.425 e. The molecule has 3 saturated carbocycles. The van der Waals surface area contributed by atoms with Crippen LogP contribution in [0.4, 0.5) is 13.2 Å². The Kier molecular flexibility index (Phi) is 8.37. The van der Waals surface area contributed by atoms with Crippen LogP contribution in [-0.4, -0.2) is 30.3 Å². The van der Waals surface area contributed by atoms with Crippen molar-refractivity contribution in [2.24, 2.45) is 34.5 Å². The molecule has 0 N–H and O–H groups in total. The lowest BCUT2D eigenvalue weighted by Crippen LogP contribution is -2.36. The molecule has 32 heavy (non-hydrogen) atoms. The van der Waals surface area contributed by atoms with E-state index in [2.05, 4.69) is 11.7 Å².